The zero-order chi connectivity index (χ0) is 21.3. The van der Waals surface area contributed by atoms with Gasteiger partial charge in [0.25, 0.3) is 5.91 Å². The van der Waals surface area contributed by atoms with Gasteiger partial charge in [-0.25, -0.2) is 13.4 Å². The highest BCUT2D eigenvalue weighted by Gasteiger charge is 2.10. The van der Waals surface area contributed by atoms with E-state index in [9.17, 15) is 13.2 Å². The SMILES string of the molecule is CS(=O)(=O)c1cccc(-c2ccc3nc(NC(=O)c4cccc(Cl)c4)ccc3c2)c1. The lowest BCUT2D eigenvalue weighted by atomic mass is 10.0. The molecule has 7 heteroatoms. The Morgan fingerprint density at radius 3 is 2.43 bits per heavy atom. The lowest BCUT2D eigenvalue weighted by Gasteiger charge is -2.08. The lowest BCUT2D eigenvalue weighted by molar-refractivity contribution is 0.102. The Hall–Kier alpha value is -3.22. The van der Waals surface area contributed by atoms with Gasteiger partial charge in [-0.1, -0.05) is 35.9 Å². The largest absolute Gasteiger partial charge is 0.307 e. The monoisotopic (exact) mass is 436 g/mol. The van der Waals surface area contributed by atoms with Gasteiger partial charge in [-0.05, 0) is 65.7 Å². The standard InChI is InChI=1S/C23H17ClN2O3S/c1-30(28,29)20-7-3-4-15(14-20)16-8-10-21-17(12-16)9-11-22(25-21)26-23(27)18-5-2-6-19(24)13-18/h2-14H,1H3,(H,25,26,27). The van der Waals surface area contributed by atoms with E-state index in [0.717, 1.165) is 16.5 Å². The molecule has 0 fully saturated rings. The second-order valence-corrected chi connectivity index (χ2v) is 9.32. The number of hydrogen-bond donors (Lipinski definition) is 1. The molecule has 0 saturated carbocycles. The van der Waals surface area contributed by atoms with Crippen LogP contribution in [0.1, 0.15) is 10.4 Å². The van der Waals surface area contributed by atoms with Crippen LogP contribution in [0.5, 0.6) is 0 Å². The second kappa shape index (κ2) is 7.89. The quantitative estimate of drug-likeness (QED) is 0.476. The van der Waals surface area contributed by atoms with Gasteiger partial charge in [0.05, 0.1) is 10.4 Å². The second-order valence-electron chi connectivity index (χ2n) is 6.87. The van der Waals surface area contributed by atoms with Gasteiger partial charge in [0.1, 0.15) is 5.82 Å². The maximum absolute atomic E-state index is 12.4. The van der Waals surface area contributed by atoms with Gasteiger partial charge in [-0.2, -0.15) is 0 Å². The van der Waals surface area contributed by atoms with Gasteiger partial charge < -0.3 is 5.32 Å². The summed E-state index contributed by atoms with van der Waals surface area (Å²) < 4.78 is 23.6. The van der Waals surface area contributed by atoms with E-state index in [1.807, 2.05) is 30.3 Å². The molecule has 4 aromatic rings. The third-order valence-corrected chi connectivity index (χ3v) is 5.96. The van der Waals surface area contributed by atoms with E-state index in [2.05, 4.69) is 10.3 Å². The van der Waals surface area contributed by atoms with Crippen molar-refractivity contribution in [3.8, 4) is 11.1 Å². The van der Waals surface area contributed by atoms with E-state index in [-0.39, 0.29) is 10.8 Å². The highest BCUT2D eigenvalue weighted by Crippen LogP contribution is 2.26. The highest BCUT2D eigenvalue weighted by atomic mass is 35.5. The number of carbonyl (C=O) groups is 1. The molecule has 0 bridgehead atoms. The summed E-state index contributed by atoms with van der Waals surface area (Å²) in [5, 5.41) is 4.13. The summed E-state index contributed by atoms with van der Waals surface area (Å²) in [6.07, 6.45) is 1.19. The number of anilines is 1. The number of carbonyl (C=O) groups excluding carboxylic acids is 1. The fraction of sp³-hybridized carbons (Fsp3) is 0.0435. The molecule has 150 valence electrons. The molecule has 0 atom stereocenters. The molecule has 0 aliphatic heterocycles. The predicted molar refractivity (Wildman–Crippen MR) is 120 cm³/mol. The average Bonchev–Trinajstić information content (AvgIpc) is 2.73. The van der Waals surface area contributed by atoms with Crippen molar-refractivity contribution in [1.29, 1.82) is 0 Å². The van der Waals surface area contributed by atoms with Crippen LogP contribution in [0.4, 0.5) is 5.82 Å². The molecular weight excluding hydrogens is 420 g/mol. The van der Waals surface area contributed by atoms with Crippen molar-refractivity contribution in [3.63, 3.8) is 0 Å². The van der Waals surface area contributed by atoms with Crippen molar-refractivity contribution in [1.82, 2.24) is 4.98 Å². The van der Waals surface area contributed by atoms with E-state index in [1.165, 1.54) is 6.26 Å². The summed E-state index contributed by atoms with van der Waals surface area (Å²) in [4.78, 5) is 17.2. The topological polar surface area (TPSA) is 76.1 Å². The van der Waals surface area contributed by atoms with Crippen molar-refractivity contribution < 1.29 is 13.2 Å². The number of benzene rings is 3. The summed E-state index contributed by atoms with van der Waals surface area (Å²) in [7, 11) is -3.28. The zero-order valence-electron chi connectivity index (χ0n) is 16.0. The van der Waals surface area contributed by atoms with Crippen molar-refractivity contribution in [2.45, 2.75) is 4.90 Å². The van der Waals surface area contributed by atoms with E-state index in [1.54, 1.807) is 48.5 Å². The Morgan fingerprint density at radius 1 is 0.900 bits per heavy atom. The van der Waals surface area contributed by atoms with Crippen LogP contribution in [0.25, 0.3) is 22.0 Å². The molecule has 0 aliphatic rings. The third-order valence-electron chi connectivity index (χ3n) is 4.61. The Bertz CT molecular complexity index is 1380. The van der Waals surface area contributed by atoms with Gasteiger partial charge in [0.15, 0.2) is 9.84 Å². The summed E-state index contributed by atoms with van der Waals surface area (Å²) in [6, 6.07) is 22.8. The lowest BCUT2D eigenvalue weighted by Crippen LogP contribution is -2.12. The molecule has 30 heavy (non-hydrogen) atoms. The normalized spacial score (nSPS) is 11.4. The molecule has 3 aromatic carbocycles. The van der Waals surface area contributed by atoms with Gasteiger partial charge in [0, 0.05) is 22.2 Å². The molecule has 0 unspecified atom stereocenters. The first-order chi connectivity index (χ1) is 14.3. The van der Waals surface area contributed by atoms with Crippen LogP contribution in [0.3, 0.4) is 0 Å². The number of nitrogens with one attached hydrogen (secondary N) is 1. The fourth-order valence-electron chi connectivity index (χ4n) is 3.10. The molecule has 4 rings (SSSR count). The van der Waals surface area contributed by atoms with Crippen LogP contribution in [-0.4, -0.2) is 25.6 Å². The minimum atomic E-state index is -3.28. The number of sulfone groups is 1. The van der Waals surface area contributed by atoms with Gasteiger partial charge in [0.2, 0.25) is 0 Å². The number of nitrogens with zero attached hydrogens (tertiary/aromatic N) is 1. The van der Waals surface area contributed by atoms with Crippen LogP contribution < -0.4 is 5.32 Å². The predicted octanol–water partition coefficient (Wildman–Crippen LogP) is 5.21. The maximum Gasteiger partial charge on any atom is 0.256 e. The zero-order valence-corrected chi connectivity index (χ0v) is 17.5. The molecule has 1 heterocycles. The van der Waals surface area contributed by atoms with E-state index >= 15 is 0 Å². The van der Waals surface area contributed by atoms with Crippen molar-refractivity contribution in [2.24, 2.45) is 0 Å². The Labute approximate surface area is 179 Å². The molecule has 5 nitrogen and oxygen atoms in total. The van der Waals surface area contributed by atoms with Crippen LogP contribution in [-0.2, 0) is 9.84 Å². The van der Waals surface area contributed by atoms with Crippen LogP contribution in [0.15, 0.2) is 83.8 Å². The first-order valence-corrected chi connectivity index (χ1v) is 11.3. The summed E-state index contributed by atoms with van der Waals surface area (Å²) >= 11 is 5.94. The van der Waals surface area contributed by atoms with Gasteiger partial charge >= 0.3 is 0 Å². The minimum Gasteiger partial charge on any atom is -0.307 e. The number of amides is 1. The highest BCUT2D eigenvalue weighted by molar-refractivity contribution is 7.90. The van der Waals surface area contributed by atoms with Crippen LogP contribution in [0, 0.1) is 0 Å². The first-order valence-electron chi connectivity index (χ1n) is 9.08. The number of hydrogen-bond acceptors (Lipinski definition) is 4. The van der Waals surface area contributed by atoms with E-state index < -0.39 is 9.84 Å². The number of halogens is 1. The van der Waals surface area contributed by atoms with Crippen molar-refractivity contribution in [3.05, 3.63) is 89.4 Å². The number of aromatic nitrogens is 1. The molecule has 0 spiro atoms. The maximum atomic E-state index is 12.4. The molecule has 1 amide bonds. The van der Waals surface area contributed by atoms with Crippen LogP contribution >= 0.6 is 11.6 Å². The van der Waals surface area contributed by atoms with Crippen molar-refractivity contribution >= 4 is 44.1 Å². The molecule has 1 aromatic heterocycles. The number of pyridine rings is 1. The molecule has 1 N–H and O–H groups in total. The first kappa shape index (κ1) is 20.1. The Balaban J connectivity index is 1.62. The smallest absolute Gasteiger partial charge is 0.256 e. The number of rotatable bonds is 4. The minimum absolute atomic E-state index is 0.275. The fourth-order valence-corrected chi connectivity index (χ4v) is 3.96. The van der Waals surface area contributed by atoms with Crippen molar-refractivity contribution in [2.75, 3.05) is 11.6 Å². The number of fused-ring (bicyclic) bond motifs is 1. The van der Waals surface area contributed by atoms with E-state index in [4.69, 9.17) is 11.6 Å². The molecular formula is C23H17ClN2O3S. The molecule has 0 saturated heterocycles. The summed E-state index contributed by atoms with van der Waals surface area (Å²) in [5.74, 6) is 0.137. The Kier molecular flexibility index (Phi) is 5.28. The van der Waals surface area contributed by atoms with E-state index in [0.29, 0.717) is 21.9 Å². The van der Waals surface area contributed by atoms with Gasteiger partial charge in [-0.3, -0.25) is 4.79 Å². The third kappa shape index (κ3) is 4.35. The van der Waals surface area contributed by atoms with Crippen LogP contribution in [0.2, 0.25) is 5.02 Å². The summed E-state index contributed by atoms with van der Waals surface area (Å²) in [6.45, 7) is 0. The average molecular weight is 437 g/mol. The molecule has 0 aliphatic carbocycles. The summed E-state index contributed by atoms with van der Waals surface area (Å²) in [5.41, 5.74) is 2.84. The Morgan fingerprint density at radius 2 is 1.67 bits per heavy atom. The van der Waals surface area contributed by atoms with Gasteiger partial charge in [-0.15, -0.1) is 0 Å². The molecule has 0 radical (unpaired) electrons.